The van der Waals surface area contributed by atoms with E-state index in [1.807, 2.05) is 12.1 Å². The summed E-state index contributed by atoms with van der Waals surface area (Å²) in [5.41, 5.74) is 8.14. The molecule has 2 rings (SSSR count). The van der Waals surface area contributed by atoms with Crippen molar-refractivity contribution in [1.29, 1.82) is 0 Å². The quantitative estimate of drug-likeness (QED) is 0.886. The third kappa shape index (κ3) is 3.32. The average molecular weight is 277 g/mol. The largest absolute Gasteiger partial charge is 0.496 e. The second-order valence-corrected chi connectivity index (χ2v) is 6.05. The molecule has 2 N–H and O–H groups in total. The van der Waals surface area contributed by atoms with E-state index >= 15 is 0 Å². The molecular weight excluding hydrogens is 250 g/mol. The summed E-state index contributed by atoms with van der Waals surface area (Å²) in [5, 5.41) is 0. The molecule has 0 aromatic heterocycles. The minimum Gasteiger partial charge on any atom is -0.496 e. The van der Waals surface area contributed by atoms with Crippen LogP contribution in [0.1, 0.15) is 18.1 Å². The number of benzene rings is 1. The van der Waals surface area contributed by atoms with Gasteiger partial charge >= 0.3 is 0 Å². The second-order valence-electron chi connectivity index (χ2n) is 6.05. The van der Waals surface area contributed by atoms with E-state index in [1.54, 1.807) is 7.11 Å². The highest BCUT2D eigenvalue weighted by Crippen LogP contribution is 2.26. The fourth-order valence-corrected chi connectivity index (χ4v) is 3.17. The summed E-state index contributed by atoms with van der Waals surface area (Å²) < 4.78 is 5.48. The first-order valence-electron chi connectivity index (χ1n) is 7.29. The van der Waals surface area contributed by atoms with Gasteiger partial charge in [-0.05, 0) is 37.7 Å². The van der Waals surface area contributed by atoms with Crippen LogP contribution in [0.25, 0.3) is 0 Å². The Bertz CT molecular complexity index is 447. The first-order chi connectivity index (χ1) is 9.55. The molecule has 0 radical (unpaired) electrons. The molecule has 1 fully saturated rings. The van der Waals surface area contributed by atoms with Crippen molar-refractivity contribution in [3.05, 3.63) is 29.3 Å². The van der Waals surface area contributed by atoms with Crippen LogP contribution in [0.15, 0.2) is 18.2 Å². The van der Waals surface area contributed by atoms with Gasteiger partial charge in [0.05, 0.1) is 7.11 Å². The molecule has 0 amide bonds. The molecule has 0 bridgehead atoms. The van der Waals surface area contributed by atoms with Crippen molar-refractivity contribution in [2.75, 3.05) is 34.3 Å². The number of likely N-dealkylation sites (tertiary alicyclic amines) is 1. The van der Waals surface area contributed by atoms with Crippen molar-refractivity contribution >= 4 is 0 Å². The zero-order valence-electron chi connectivity index (χ0n) is 13.1. The fraction of sp³-hybridized carbons (Fsp3) is 0.625. The van der Waals surface area contributed by atoms with Gasteiger partial charge in [0.1, 0.15) is 5.75 Å². The molecule has 1 aromatic carbocycles. The van der Waals surface area contributed by atoms with Crippen molar-refractivity contribution in [2.24, 2.45) is 11.7 Å². The molecule has 0 saturated carbocycles. The minimum atomic E-state index is 0.577. The summed E-state index contributed by atoms with van der Waals surface area (Å²) in [6.07, 6.45) is 0. The van der Waals surface area contributed by atoms with E-state index in [0.717, 1.165) is 30.9 Å². The van der Waals surface area contributed by atoms with Gasteiger partial charge in [0, 0.05) is 37.8 Å². The van der Waals surface area contributed by atoms with Crippen LogP contribution in [-0.2, 0) is 13.1 Å². The van der Waals surface area contributed by atoms with E-state index in [1.165, 1.54) is 5.56 Å². The third-order valence-electron chi connectivity index (χ3n) is 4.29. The maximum Gasteiger partial charge on any atom is 0.123 e. The van der Waals surface area contributed by atoms with Crippen molar-refractivity contribution in [3.63, 3.8) is 0 Å². The Hall–Kier alpha value is -1.10. The minimum absolute atomic E-state index is 0.577. The molecule has 0 aliphatic carbocycles. The Balaban J connectivity index is 2.10. The van der Waals surface area contributed by atoms with E-state index in [4.69, 9.17) is 10.5 Å². The predicted octanol–water partition coefficient (Wildman–Crippen LogP) is 1.54. The SMILES string of the molecule is COc1ccc(CN)cc1CN1CC(C)C(N(C)C)C1. The highest BCUT2D eigenvalue weighted by molar-refractivity contribution is 5.37. The van der Waals surface area contributed by atoms with Gasteiger partial charge in [-0.1, -0.05) is 13.0 Å². The van der Waals surface area contributed by atoms with E-state index in [2.05, 4.69) is 36.9 Å². The normalized spacial score (nSPS) is 23.5. The molecule has 20 heavy (non-hydrogen) atoms. The number of nitrogens with zero attached hydrogens (tertiary/aromatic N) is 2. The van der Waals surface area contributed by atoms with E-state index in [0.29, 0.717) is 18.5 Å². The topological polar surface area (TPSA) is 41.7 Å². The van der Waals surface area contributed by atoms with Gasteiger partial charge in [-0.15, -0.1) is 0 Å². The van der Waals surface area contributed by atoms with E-state index < -0.39 is 0 Å². The Morgan fingerprint density at radius 3 is 2.65 bits per heavy atom. The smallest absolute Gasteiger partial charge is 0.123 e. The summed E-state index contributed by atoms with van der Waals surface area (Å²) in [6.45, 7) is 6.10. The fourth-order valence-electron chi connectivity index (χ4n) is 3.17. The third-order valence-corrected chi connectivity index (χ3v) is 4.29. The number of rotatable bonds is 5. The van der Waals surface area contributed by atoms with Crippen LogP contribution in [0.2, 0.25) is 0 Å². The lowest BCUT2D eigenvalue weighted by Crippen LogP contribution is -2.34. The first-order valence-corrected chi connectivity index (χ1v) is 7.29. The molecule has 0 spiro atoms. The highest BCUT2D eigenvalue weighted by atomic mass is 16.5. The lowest BCUT2D eigenvalue weighted by molar-refractivity contribution is 0.249. The van der Waals surface area contributed by atoms with Crippen molar-refractivity contribution < 1.29 is 4.74 Å². The van der Waals surface area contributed by atoms with Crippen molar-refractivity contribution in [2.45, 2.75) is 26.1 Å². The standard InChI is InChI=1S/C16H27N3O/c1-12-9-19(11-15(12)18(2)3)10-14-7-13(8-17)5-6-16(14)20-4/h5-7,12,15H,8-11,17H2,1-4H3. The molecule has 4 heteroatoms. The number of nitrogens with two attached hydrogens (primary N) is 1. The van der Waals surface area contributed by atoms with Crippen LogP contribution in [0.3, 0.4) is 0 Å². The number of hydrogen-bond donors (Lipinski definition) is 1. The number of hydrogen-bond acceptors (Lipinski definition) is 4. The highest BCUT2D eigenvalue weighted by Gasteiger charge is 2.31. The predicted molar refractivity (Wildman–Crippen MR) is 82.8 cm³/mol. The van der Waals surface area contributed by atoms with Crippen LogP contribution >= 0.6 is 0 Å². The maximum absolute atomic E-state index is 5.74. The van der Waals surface area contributed by atoms with Crippen LogP contribution in [0, 0.1) is 5.92 Å². The summed E-state index contributed by atoms with van der Waals surface area (Å²) >= 11 is 0. The molecule has 1 aliphatic heterocycles. The maximum atomic E-state index is 5.74. The molecule has 1 aromatic rings. The van der Waals surface area contributed by atoms with Crippen LogP contribution in [0.5, 0.6) is 5.75 Å². The average Bonchev–Trinajstić information content (AvgIpc) is 2.79. The van der Waals surface area contributed by atoms with E-state index in [-0.39, 0.29) is 0 Å². The number of methoxy groups -OCH3 is 1. The Kier molecular flexibility index (Phi) is 5.02. The van der Waals surface area contributed by atoms with Crippen molar-refractivity contribution in [1.82, 2.24) is 9.80 Å². The summed E-state index contributed by atoms with van der Waals surface area (Å²) in [6, 6.07) is 6.88. The summed E-state index contributed by atoms with van der Waals surface area (Å²) in [5.74, 6) is 1.66. The van der Waals surface area contributed by atoms with Gasteiger partial charge in [0.2, 0.25) is 0 Å². The zero-order valence-corrected chi connectivity index (χ0v) is 13.1. The van der Waals surface area contributed by atoms with Crippen LogP contribution in [0.4, 0.5) is 0 Å². The number of likely N-dealkylation sites (N-methyl/N-ethyl adjacent to an activating group) is 1. The Morgan fingerprint density at radius 2 is 2.10 bits per heavy atom. The molecule has 1 saturated heterocycles. The van der Waals surface area contributed by atoms with Gasteiger partial charge in [-0.2, -0.15) is 0 Å². The molecule has 4 nitrogen and oxygen atoms in total. The van der Waals surface area contributed by atoms with Gasteiger partial charge in [-0.3, -0.25) is 4.90 Å². The lowest BCUT2D eigenvalue weighted by Gasteiger charge is -2.23. The molecular formula is C16H27N3O. The molecule has 112 valence electrons. The van der Waals surface area contributed by atoms with Crippen molar-refractivity contribution in [3.8, 4) is 5.75 Å². The molecule has 1 aliphatic rings. The lowest BCUT2D eigenvalue weighted by atomic mass is 10.1. The molecule has 1 heterocycles. The first kappa shape index (κ1) is 15.3. The van der Waals surface area contributed by atoms with Gasteiger partial charge in [0.25, 0.3) is 0 Å². The molecule has 2 unspecified atom stereocenters. The zero-order chi connectivity index (χ0) is 14.7. The Morgan fingerprint density at radius 1 is 1.35 bits per heavy atom. The van der Waals surface area contributed by atoms with Gasteiger partial charge in [0.15, 0.2) is 0 Å². The van der Waals surface area contributed by atoms with E-state index in [9.17, 15) is 0 Å². The molecule has 2 atom stereocenters. The second kappa shape index (κ2) is 6.57. The number of ether oxygens (including phenoxy) is 1. The van der Waals surface area contributed by atoms with Crippen LogP contribution in [-0.4, -0.2) is 50.1 Å². The Labute approximate surface area is 122 Å². The van der Waals surface area contributed by atoms with Gasteiger partial charge in [-0.25, -0.2) is 0 Å². The summed E-state index contributed by atoms with van der Waals surface area (Å²) in [7, 11) is 6.07. The summed E-state index contributed by atoms with van der Waals surface area (Å²) in [4.78, 5) is 4.84. The van der Waals surface area contributed by atoms with Crippen LogP contribution < -0.4 is 10.5 Å². The van der Waals surface area contributed by atoms with Gasteiger partial charge < -0.3 is 15.4 Å². The monoisotopic (exact) mass is 277 g/mol.